The van der Waals surface area contributed by atoms with Crippen LogP contribution in [0.1, 0.15) is 41.7 Å². The van der Waals surface area contributed by atoms with Gasteiger partial charge in [-0.1, -0.05) is 65.8 Å². The second-order valence-electron chi connectivity index (χ2n) is 7.47. The van der Waals surface area contributed by atoms with Crippen molar-refractivity contribution >= 4 is 5.91 Å². The van der Waals surface area contributed by atoms with Gasteiger partial charge in [0.1, 0.15) is 0 Å². The monoisotopic (exact) mass is 390 g/mol. The van der Waals surface area contributed by atoms with E-state index in [1.54, 1.807) is 0 Å². The lowest BCUT2D eigenvalue weighted by molar-refractivity contribution is -0.134. The van der Waals surface area contributed by atoms with Gasteiger partial charge in [-0.15, -0.1) is 0 Å². The lowest BCUT2D eigenvalue weighted by Gasteiger charge is -2.38. The highest BCUT2D eigenvalue weighted by molar-refractivity contribution is 5.87. The molecule has 4 rings (SSSR count). The smallest absolute Gasteiger partial charge is 0.243 e. The van der Waals surface area contributed by atoms with E-state index in [9.17, 15) is 4.79 Å². The summed E-state index contributed by atoms with van der Waals surface area (Å²) >= 11 is 0. The summed E-state index contributed by atoms with van der Waals surface area (Å²) in [5.74, 6) is 1.16. The summed E-state index contributed by atoms with van der Waals surface area (Å²) in [6, 6.07) is 20.1. The molecule has 3 aromatic rings. The first kappa shape index (κ1) is 19.3. The summed E-state index contributed by atoms with van der Waals surface area (Å²) < 4.78 is 5.32. The fourth-order valence-corrected chi connectivity index (χ4v) is 3.92. The third-order valence-electron chi connectivity index (χ3n) is 5.59. The number of amides is 1. The Morgan fingerprint density at radius 3 is 1.97 bits per heavy atom. The van der Waals surface area contributed by atoms with Crippen LogP contribution in [-0.4, -0.2) is 52.0 Å². The first-order valence-electron chi connectivity index (χ1n) is 10.1. The second kappa shape index (κ2) is 8.57. The quantitative estimate of drug-likeness (QED) is 0.668. The van der Waals surface area contributed by atoms with E-state index in [-0.39, 0.29) is 17.9 Å². The van der Waals surface area contributed by atoms with E-state index in [0.29, 0.717) is 24.8 Å². The Balaban J connectivity index is 1.48. The topological polar surface area (TPSA) is 62.5 Å². The zero-order chi connectivity index (χ0) is 20.2. The molecular weight excluding hydrogens is 364 g/mol. The van der Waals surface area contributed by atoms with Crippen LogP contribution in [0.25, 0.3) is 0 Å². The molecule has 29 heavy (non-hydrogen) atoms. The van der Waals surface area contributed by atoms with Crippen LogP contribution >= 0.6 is 0 Å². The van der Waals surface area contributed by atoms with E-state index in [1.165, 1.54) is 0 Å². The lowest BCUT2D eigenvalue weighted by atomic mass is 9.90. The van der Waals surface area contributed by atoms with Crippen molar-refractivity contribution < 1.29 is 9.32 Å². The summed E-state index contributed by atoms with van der Waals surface area (Å²) in [5, 5.41) is 3.89. The highest BCUT2D eigenvalue weighted by atomic mass is 16.5. The summed E-state index contributed by atoms with van der Waals surface area (Å²) in [6.07, 6.45) is 0. The van der Waals surface area contributed by atoms with Gasteiger partial charge in [0, 0.05) is 26.2 Å². The van der Waals surface area contributed by atoms with Crippen molar-refractivity contribution in [2.24, 2.45) is 0 Å². The summed E-state index contributed by atoms with van der Waals surface area (Å²) in [7, 11) is 0. The maximum Gasteiger partial charge on any atom is 0.243 e. The molecule has 1 aliphatic heterocycles. The van der Waals surface area contributed by atoms with E-state index in [4.69, 9.17) is 4.52 Å². The maximum atomic E-state index is 13.5. The van der Waals surface area contributed by atoms with Crippen LogP contribution in [0.4, 0.5) is 0 Å². The SMILES string of the molecule is Cc1noc([C@@H](C)N2CCN(C(=O)C(c3ccccc3)c3ccccc3)CC2)n1. The number of rotatable bonds is 5. The molecule has 0 spiro atoms. The standard InChI is InChI=1S/C23H26N4O2/c1-17(22-24-18(2)25-29-22)26-13-15-27(16-14-26)23(28)21(19-9-5-3-6-10-19)20-11-7-4-8-12-20/h3-12,17,21H,13-16H2,1-2H3/t17-/m1/s1. The summed E-state index contributed by atoms with van der Waals surface area (Å²) in [5.41, 5.74) is 2.06. The maximum absolute atomic E-state index is 13.5. The number of hydrogen-bond acceptors (Lipinski definition) is 5. The Morgan fingerprint density at radius 1 is 0.931 bits per heavy atom. The molecule has 1 atom stereocenters. The number of aryl methyl sites for hydroxylation is 1. The van der Waals surface area contributed by atoms with Gasteiger partial charge in [-0.25, -0.2) is 0 Å². The Labute approximate surface area is 171 Å². The van der Waals surface area contributed by atoms with Crippen LogP contribution in [0.15, 0.2) is 65.2 Å². The number of nitrogens with zero attached hydrogens (tertiary/aromatic N) is 4. The molecule has 0 unspecified atom stereocenters. The highest BCUT2D eigenvalue weighted by Crippen LogP contribution is 2.28. The zero-order valence-electron chi connectivity index (χ0n) is 16.9. The molecule has 1 aliphatic rings. The molecule has 0 saturated carbocycles. The van der Waals surface area contributed by atoms with Gasteiger partial charge in [0.15, 0.2) is 5.82 Å². The molecule has 2 heterocycles. The Morgan fingerprint density at radius 2 is 1.48 bits per heavy atom. The predicted molar refractivity (Wildman–Crippen MR) is 110 cm³/mol. The predicted octanol–water partition coefficient (Wildman–Crippen LogP) is 3.42. The van der Waals surface area contributed by atoms with Crippen LogP contribution in [0, 0.1) is 6.92 Å². The van der Waals surface area contributed by atoms with Crippen LogP contribution in [0.5, 0.6) is 0 Å². The first-order valence-corrected chi connectivity index (χ1v) is 10.1. The molecule has 1 amide bonds. The molecule has 1 saturated heterocycles. The number of piperazine rings is 1. The first-order chi connectivity index (χ1) is 14.1. The van der Waals surface area contributed by atoms with E-state index in [0.717, 1.165) is 24.2 Å². The molecule has 1 fully saturated rings. The van der Waals surface area contributed by atoms with E-state index < -0.39 is 0 Å². The molecule has 6 nitrogen and oxygen atoms in total. The highest BCUT2D eigenvalue weighted by Gasteiger charge is 2.32. The van der Waals surface area contributed by atoms with Gasteiger partial charge < -0.3 is 9.42 Å². The second-order valence-corrected chi connectivity index (χ2v) is 7.47. The minimum atomic E-state index is -0.278. The summed E-state index contributed by atoms with van der Waals surface area (Å²) in [6.45, 7) is 6.83. The third-order valence-corrected chi connectivity index (χ3v) is 5.59. The van der Waals surface area contributed by atoms with Gasteiger partial charge in [0.25, 0.3) is 0 Å². The van der Waals surface area contributed by atoms with Crippen molar-refractivity contribution in [3.63, 3.8) is 0 Å². The molecule has 0 radical (unpaired) electrons. The molecule has 150 valence electrons. The number of benzene rings is 2. The molecule has 0 bridgehead atoms. The number of hydrogen-bond donors (Lipinski definition) is 0. The van der Waals surface area contributed by atoms with Crippen LogP contribution in [-0.2, 0) is 4.79 Å². The van der Waals surface area contributed by atoms with Gasteiger partial charge in [-0.2, -0.15) is 4.98 Å². The van der Waals surface area contributed by atoms with Crippen LogP contribution in [0.2, 0.25) is 0 Å². The fourth-order valence-electron chi connectivity index (χ4n) is 3.92. The molecule has 0 N–H and O–H groups in total. The van der Waals surface area contributed by atoms with Crippen molar-refractivity contribution in [3.05, 3.63) is 83.5 Å². The third kappa shape index (κ3) is 4.22. The number of carbonyl (C=O) groups is 1. The van der Waals surface area contributed by atoms with Crippen molar-refractivity contribution in [2.75, 3.05) is 26.2 Å². The molecule has 1 aromatic heterocycles. The summed E-state index contributed by atoms with van der Waals surface area (Å²) in [4.78, 5) is 22.1. The minimum Gasteiger partial charge on any atom is -0.339 e. The molecule has 0 aliphatic carbocycles. The van der Waals surface area contributed by atoms with Gasteiger partial charge in [0.2, 0.25) is 11.8 Å². The van der Waals surface area contributed by atoms with Crippen molar-refractivity contribution in [1.29, 1.82) is 0 Å². The van der Waals surface area contributed by atoms with Gasteiger partial charge in [-0.05, 0) is 25.0 Å². The Bertz CT molecular complexity index is 894. The number of aromatic nitrogens is 2. The average Bonchev–Trinajstić information content (AvgIpc) is 3.21. The van der Waals surface area contributed by atoms with Crippen LogP contribution in [0.3, 0.4) is 0 Å². The lowest BCUT2D eigenvalue weighted by Crippen LogP contribution is -2.50. The van der Waals surface area contributed by atoms with Crippen molar-refractivity contribution in [3.8, 4) is 0 Å². The van der Waals surface area contributed by atoms with Gasteiger partial charge in [-0.3, -0.25) is 9.69 Å². The molecular formula is C23H26N4O2. The molecule has 2 aromatic carbocycles. The largest absolute Gasteiger partial charge is 0.339 e. The van der Waals surface area contributed by atoms with Crippen molar-refractivity contribution in [2.45, 2.75) is 25.8 Å². The van der Waals surface area contributed by atoms with Gasteiger partial charge in [0.05, 0.1) is 12.0 Å². The van der Waals surface area contributed by atoms with E-state index in [2.05, 4.69) is 22.0 Å². The normalized spacial score (nSPS) is 16.2. The van der Waals surface area contributed by atoms with E-state index in [1.807, 2.05) is 72.5 Å². The zero-order valence-corrected chi connectivity index (χ0v) is 16.9. The average molecular weight is 390 g/mol. The van der Waals surface area contributed by atoms with E-state index >= 15 is 0 Å². The fraction of sp³-hybridized carbons (Fsp3) is 0.348. The Kier molecular flexibility index (Phi) is 5.71. The van der Waals surface area contributed by atoms with Crippen molar-refractivity contribution in [1.82, 2.24) is 19.9 Å². The van der Waals surface area contributed by atoms with Gasteiger partial charge >= 0.3 is 0 Å². The minimum absolute atomic E-state index is 0.0486. The Hall–Kier alpha value is -2.99. The van der Waals surface area contributed by atoms with Crippen LogP contribution < -0.4 is 0 Å². The number of carbonyl (C=O) groups excluding carboxylic acids is 1. The molecule has 6 heteroatoms.